The second-order valence-electron chi connectivity index (χ2n) is 4.76. The van der Waals surface area contributed by atoms with Gasteiger partial charge in [-0.05, 0) is 42.8 Å². The van der Waals surface area contributed by atoms with E-state index in [1.54, 1.807) is 24.3 Å². The molecule has 0 aliphatic rings. The first-order valence-electron chi connectivity index (χ1n) is 6.55. The average molecular weight is 276 g/mol. The van der Waals surface area contributed by atoms with Gasteiger partial charge in [0.25, 0.3) is 0 Å². The van der Waals surface area contributed by atoms with Crippen molar-refractivity contribution in [3.63, 3.8) is 0 Å². The van der Waals surface area contributed by atoms with Crippen LogP contribution in [0.1, 0.15) is 11.1 Å². The van der Waals surface area contributed by atoms with E-state index < -0.39 is 0 Å². The van der Waals surface area contributed by atoms with Gasteiger partial charge in [0.15, 0.2) is 0 Å². The zero-order valence-corrected chi connectivity index (χ0v) is 11.4. The van der Waals surface area contributed by atoms with Gasteiger partial charge in [-0.15, -0.1) is 0 Å². The first-order valence-corrected chi connectivity index (χ1v) is 6.55. The molecule has 0 aliphatic heterocycles. The Morgan fingerprint density at radius 2 is 1.80 bits per heavy atom. The highest BCUT2D eigenvalue weighted by Crippen LogP contribution is 2.23. The fraction of sp³-hybridized carbons (Fsp3) is 0.250. The number of benzene rings is 2. The van der Waals surface area contributed by atoms with Gasteiger partial charge in [0.1, 0.15) is 11.6 Å². The van der Waals surface area contributed by atoms with E-state index in [0.29, 0.717) is 25.1 Å². The lowest BCUT2D eigenvalue weighted by molar-refractivity contribution is 0.607. The zero-order valence-electron chi connectivity index (χ0n) is 11.4. The molecule has 0 saturated carbocycles. The lowest BCUT2D eigenvalue weighted by atomic mass is 10.1. The standard InChI is InChI=1S/C16H18F2N2/c1-20(11-13-4-2-3-5-15(13)18)16-7-6-14(17)10-12(16)8-9-19/h2-7,10H,8-9,11,19H2,1H3. The van der Waals surface area contributed by atoms with Crippen molar-refractivity contribution in [1.82, 2.24) is 0 Å². The highest BCUT2D eigenvalue weighted by atomic mass is 19.1. The molecule has 2 aromatic carbocycles. The number of nitrogens with zero attached hydrogens (tertiary/aromatic N) is 1. The van der Waals surface area contributed by atoms with Crippen LogP contribution in [-0.2, 0) is 13.0 Å². The lowest BCUT2D eigenvalue weighted by Gasteiger charge is -2.23. The second kappa shape index (κ2) is 6.48. The van der Waals surface area contributed by atoms with E-state index >= 15 is 0 Å². The minimum atomic E-state index is -0.281. The molecule has 0 amide bonds. The van der Waals surface area contributed by atoms with Crippen molar-refractivity contribution >= 4 is 5.69 Å². The number of anilines is 1. The van der Waals surface area contributed by atoms with Crippen LogP contribution in [0.5, 0.6) is 0 Å². The molecular weight excluding hydrogens is 258 g/mol. The van der Waals surface area contributed by atoms with Gasteiger partial charge >= 0.3 is 0 Å². The fourth-order valence-corrected chi connectivity index (χ4v) is 2.25. The summed E-state index contributed by atoms with van der Waals surface area (Å²) < 4.78 is 27.0. The number of rotatable bonds is 5. The third kappa shape index (κ3) is 3.33. The summed E-state index contributed by atoms with van der Waals surface area (Å²) in [5.41, 5.74) is 7.88. The van der Waals surface area contributed by atoms with Gasteiger partial charge in [-0.25, -0.2) is 8.78 Å². The number of nitrogens with two attached hydrogens (primary N) is 1. The molecule has 0 aromatic heterocycles. The molecule has 0 radical (unpaired) electrons. The van der Waals surface area contributed by atoms with Crippen molar-refractivity contribution in [2.24, 2.45) is 5.73 Å². The van der Waals surface area contributed by atoms with Crippen molar-refractivity contribution in [3.8, 4) is 0 Å². The molecule has 0 bridgehead atoms. The van der Waals surface area contributed by atoms with E-state index in [4.69, 9.17) is 5.73 Å². The Bertz CT molecular complexity index is 584. The Morgan fingerprint density at radius 3 is 2.50 bits per heavy atom. The van der Waals surface area contributed by atoms with Crippen LogP contribution in [-0.4, -0.2) is 13.6 Å². The zero-order chi connectivity index (χ0) is 14.5. The van der Waals surface area contributed by atoms with E-state index in [2.05, 4.69) is 0 Å². The molecular formula is C16H18F2N2. The van der Waals surface area contributed by atoms with E-state index in [1.807, 2.05) is 11.9 Å². The molecule has 2 nitrogen and oxygen atoms in total. The topological polar surface area (TPSA) is 29.3 Å². The molecule has 0 unspecified atom stereocenters. The van der Waals surface area contributed by atoms with Crippen LogP contribution in [0.15, 0.2) is 42.5 Å². The van der Waals surface area contributed by atoms with Crippen molar-refractivity contribution < 1.29 is 8.78 Å². The number of hydrogen-bond acceptors (Lipinski definition) is 2. The lowest BCUT2D eigenvalue weighted by Crippen LogP contribution is -2.19. The van der Waals surface area contributed by atoms with Crippen LogP contribution in [0.4, 0.5) is 14.5 Å². The van der Waals surface area contributed by atoms with Gasteiger partial charge in [0, 0.05) is 24.8 Å². The molecule has 0 fully saturated rings. The number of halogens is 2. The molecule has 2 N–H and O–H groups in total. The summed E-state index contributed by atoms with van der Waals surface area (Å²) >= 11 is 0. The highest BCUT2D eigenvalue weighted by molar-refractivity contribution is 5.53. The first kappa shape index (κ1) is 14.5. The molecule has 0 aliphatic carbocycles. The maximum atomic E-state index is 13.7. The summed E-state index contributed by atoms with van der Waals surface area (Å²) in [6, 6.07) is 11.3. The molecule has 106 valence electrons. The van der Waals surface area contributed by atoms with Gasteiger partial charge < -0.3 is 10.6 Å². The molecule has 0 heterocycles. The third-order valence-electron chi connectivity index (χ3n) is 3.23. The van der Waals surface area contributed by atoms with Gasteiger partial charge in [-0.3, -0.25) is 0 Å². The Hall–Kier alpha value is -1.94. The van der Waals surface area contributed by atoms with Crippen LogP contribution in [0.3, 0.4) is 0 Å². The van der Waals surface area contributed by atoms with Gasteiger partial charge in [0.2, 0.25) is 0 Å². The van der Waals surface area contributed by atoms with E-state index in [-0.39, 0.29) is 11.6 Å². The SMILES string of the molecule is CN(Cc1ccccc1F)c1ccc(F)cc1CCN. The minimum absolute atomic E-state index is 0.234. The van der Waals surface area contributed by atoms with E-state index in [9.17, 15) is 8.78 Å². The Kier molecular flexibility index (Phi) is 4.69. The van der Waals surface area contributed by atoms with Gasteiger partial charge in [-0.1, -0.05) is 18.2 Å². The smallest absolute Gasteiger partial charge is 0.128 e. The summed E-state index contributed by atoms with van der Waals surface area (Å²) in [7, 11) is 1.86. The van der Waals surface area contributed by atoms with E-state index in [0.717, 1.165) is 11.3 Å². The highest BCUT2D eigenvalue weighted by Gasteiger charge is 2.10. The largest absolute Gasteiger partial charge is 0.370 e. The Labute approximate surface area is 117 Å². The summed E-state index contributed by atoms with van der Waals surface area (Å²) in [6.45, 7) is 0.875. The first-order chi connectivity index (χ1) is 9.61. The molecule has 0 spiro atoms. The van der Waals surface area contributed by atoms with Crippen LogP contribution >= 0.6 is 0 Å². The summed E-state index contributed by atoms with van der Waals surface area (Å²) in [5, 5.41) is 0. The van der Waals surface area contributed by atoms with Gasteiger partial charge in [-0.2, -0.15) is 0 Å². The van der Waals surface area contributed by atoms with Crippen molar-refractivity contribution in [2.45, 2.75) is 13.0 Å². The molecule has 20 heavy (non-hydrogen) atoms. The van der Waals surface area contributed by atoms with Crippen molar-refractivity contribution in [2.75, 3.05) is 18.5 Å². The van der Waals surface area contributed by atoms with Crippen LogP contribution < -0.4 is 10.6 Å². The fourth-order valence-electron chi connectivity index (χ4n) is 2.25. The quantitative estimate of drug-likeness (QED) is 0.909. The summed E-state index contributed by atoms with van der Waals surface area (Å²) in [4.78, 5) is 1.91. The Balaban J connectivity index is 2.25. The molecule has 2 rings (SSSR count). The summed E-state index contributed by atoms with van der Waals surface area (Å²) in [5.74, 6) is -0.515. The van der Waals surface area contributed by atoms with Crippen LogP contribution in [0, 0.1) is 11.6 Å². The van der Waals surface area contributed by atoms with E-state index in [1.165, 1.54) is 18.2 Å². The minimum Gasteiger partial charge on any atom is -0.370 e. The maximum absolute atomic E-state index is 13.7. The molecule has 0 atom stereocenters. The van der Waals surface area contributed by atoms with Crippen LogP contribution in [0.25, 0.3) is 0 Å². The predicted octanol–water partition coefficient (Wildman–Crippen LogP) is 3.10. The summed E-state index contributed by atoms with van der Waals surface area (Å²) in [6.07, 6.45) is 0.592. The normalized spacial score (nSPS) is 10.6. The molecule has 4 heteroatoms. The number of hydrogen-bond donors (Lipinski definition) is 1. The maximum Gasteiger partial charge on any atom is 0.128 e. The molecule has 2 aromatic rings. The van der Waals surface area contributed by atoms with Crippen LogP contribution in [0.2, 0.25) is 0 Å². The predicted molar refractivity (Wildman–Crippen MR) is 77.7 cm³/mol. The second-order valence-corrected chi connectivity index (χ2v) is 4.76. The van der Waals surface area contributed by atoms with Gasteiger partial charge in [0.05, 0.1) is 0 Å². The third-order valence-corrected chi connectivity index (χ3v) is 3.23. The average Bonchev–Trinajstić information content (AvgIpc) is 2.42. The monoisotopic (exact) mass is 276 g/mol. The van der Waals surface area contributed by atoms with Crippen molar-refractivity contribution in [1.29, 1.82) is 0 Å². The Morgan fingerprint density at radius 1 is 1.05 bits per heavy atom. The van der Waals surface area contributed by atoms with Crippen molar-refractivity contribution in [3.05, 3.63) is 65.2 Å². The molecule has 0 saturated heterocycles.